The van der Waals surface area contributed by atoms with Crippen LogP contribution in [0.3, 0.4) is 0 Å². The molecule has 0 bridgehead atoms. The predicted octanol–water partition coefficient (Wildman–Crippen LogP) is 2.20. The summed E-state index contributed by atoms with van der Waals surface area (Å²) < 4.78 is 0. The molecule has 0 amide bonds. The van der Waals surface area contributed by atoms with Crippen LogP contribution in [0.15, 0.2) is 0 Å². The van der Waals surface area contributed by atoms with Gasteiger partial charge in [0.15, 0.2) is 0 Å². The highest BCUT2D eigenvalue weighted by Gasteiger charge is 2.56. The van der Waals surface area contributed by atoms with Crippen molar-refractivity contribution < 1.29 is 5.11 Å². The van der Waals surface area contributed by atoms with Gasteiger partial charge in [0.2, 0.25) is 0 Å². The summed E-state index contributed by atoms with van der Waals surface area (Å²) >= 11 is 0. The molecule has 3 rings (SSSR count). The fourth-order valence-corrected chi connectivity index (χ4v) is 3.55. The van der Waals surface area contributed by atoms with E-state index in [1.165, 1.54) is 38.5 Å². The summed E-state index contributed by atoms with van der Waals surface area (Å²) in [6.45, 7) is 0.477. The predicted molar refractivity (Wildman–Crippen MR) is 47.7 cm³/mol. The van der Waals surface area contributed by atoms with Crippen LogP contribution >= 0.6 is 0 Å². The summed E-state index contributed by atoms with van der Waals surface area (Å²) in [5.74, 6) is 2.95. The maximum Gasteiger partial charge on any atom is 0.0490 e. The largest absolute Gasteiger partial charge is 0.396 e. The second kappa shape index (κ2) is 2.25. The molecule has 1 heteroatoms. The summed E-state index contributed by atoms with van der Waals surface area (Å²) in [5.41, 5.74) is 0.409. The van der Waals surface area contributed by atoms with Crippen molar-refractivity contribution in [1.29, 1.82) is 0 Å². The molecule has 0 aromatic carbocycles. The minimum absolute atomic E-state index is 0.409. The van der Waals surface area contributed by atoms with Crippen molar-refractivity contribution in [2.24, 2.45) is 23.2 Å². The Hall–Kier alpha value is -0.0400. The Morgan fingerprint density at radius 1 is 1.17 bits per heavy atom. The number of fused-ring (bicyclic) bond motifs is 1. The van der Waals surface area contributed by atoms with Crippen LogP contribution in [0.1, 0.15) is 38.5 Å². The molecule has 0 aliphatic heterocycles. The van der Waals surface area contributed by atoms with E-state index in [0.717, 1.165) is 17.8 Å². The molecule has 3 fully saturated rings. The van der Waals surface area contributed by atoms with Crippen LogP contribution in [0.25, 0.3) is 0 Å². The van der Waals surface area contributed by atoms with E-state index in [4.69, 9.17) is 0 Å². The van der Waals surface area contributed by atoms with Crippen molar-refractivity contribution in [1.82, 2.24) is 0 Å². The van der Waals surface area contributed by atoms with Gasteiger partial charge in [-0.2, -0.15) is 0 Å². The first kappa shape index (κ1) is 7.37. The number of rotatable bonds is 2. The fraction of sp³-hybridized carbons (Fsp3) is 1.00. The molecule has 1 nitrogen and oxygen atoms in total. The van der Waals surface area contributed by atoms with Crippen molar-refractivity contribution in [3.8, 4) is 0 Å². The lowest BCUT2D eigenvalue weighted by atomic mass is 9.63. The van der Waals surface area contributed by atoms with Crippen molar-refractivity contribution in [2.45, 2.75) is 38.5 Å². The maximum atomic E-state index is 9.49. The van der Waals surface area contributed by atoms with Crippen LogP contribution in [0.4, 0.5) is 0 Å². The summed E-state index contributed by atoms with van der Waals surface area (Å²) in [6.07, 6.45) is 8.42. The van der Waals surface area contributed by atoms with E-state index >= 15 is 0 Å². The molecular formula is C11H18O. The van der Waals surface area contributed by atoms with E-state index in [1.54, 1.807) is 0 Å². The lowest BCUT2D eigenvalue weighted by Crippen LogP contribution is -2.37. The third kappa shape index (κ3) is 0.834. The molecule has 0 heterocycles. The van der Waals surface area contributed by atoms with Gasteiger partial charge in [-0.15, -0.1) is 0 Å². The Kier molecular flexibility index (Phi) is 1.39. The Balaban J connectivity index is 1.76. The zero-order valence-electron chi connectivity index (χ0n) is 7.63. The van der Waals surface area contributed by atoms with E-state index in [9.17, 15) is 5.11 Å². The van der Waals surface area contributed by atoms with Crippen molar-refractivity contribution >= 4 is 0 Å². The van der Waals surface area contributed by atoms with Crippen LogP contribution in [0.2, 0.25) is 0 Å². The fourth-order valence-electron chi connectivity index (χ4n) is 3.55. The van der Waals surface area contributed by atoms with Gasteiger partial charge in [-0.25, -0.2) is 0 Å². The highest BCUT2D eigenvalue weighted by atomic mass is 16.3. The third-order valence-corrected chi connectivity index (χ3v) is 4.69. The molecule has 0 aromatic heterocycles. The molecule has 68 valence electrons. The van der Waals surface area contributed by atoms with Crippen LogP contribution in [-0.2, 0) is 0 Å². The summed E-state index contributed by atoms with van der Waals surface area (Å²) in [7, 11) is 0. The third-order valence-electron chi connectivity index (χ3n) is 4.69. The summed E-state index contributed by atoms with van der Waals surface area (Å²) in [5, 5.41) is 9.49. The van der Waals surface area contributed by atoms with Gasteiger partial charge in [-0.05, 0) is 55.3 Å². The van der Waals surface area contributed by atoms with Gasteiger partial charge in [-0.1, -0.05) is 6.42 Å². The van der Waals surface area contributed by atoms with Crippen molar-refractivity contribution in [2.75, 3.05) is 6.61 Å². The molecule has 0 aromatic rings. The van der Waals surface area contributed by atoms with Crippen LogP contribution in [0.5, 0.6) is 0 Å². The number of hydrogen-bond acceptors (Lipinski definition) is 1. The normalized spacial score (nSPS) is 51.8. The molecule has 1 N–H and O–H groups in total. The first-order chi connectivity index (χ1) is 5.84. The van der Waals surface area contributed by atoms with Crippen LogP contribution in [-0.4, -0.2) is 11.7 Å². The average Bonchev–Trinajstić information content (AvgIpc) is 2.57. The SMILES string of the molecule is OCC1(C2CCC2)CC2CC2C1. The van der Waals surface area contributed by atoms with E-state index in [-0.39, 0.29) is 0 Å². The van der Waals surface area contributed by atoms with Crippen molar-refractivity contribution in [3.05, 3.63) is 0 Å². The minimum Gasteiger partial charge on any atom is -0.396 e. The van der Waals surface area contributed by atoms with Gasteiger partial charge < -0.3 is 5.11 Å². The van der Waals surface area contributed by atoms with Gasteiger partial charge in [-0.3, -0.25) is 0 Å². The average molecular weight is 166 g/mol. The van der Waals surface area contributed by atoms with Gasteiger partial charge in [0, 0.05) is 6.61 Å². The molecule has 2 unspecified atom stereocenters. The topological polar surface area (TPSA) is 20.2 Å². The van der Waals surface area contributed by atoms with E-state index in [0.29, 0.717) is 12.0 Å². The molecule has 0 radical (unpaired) electrons. The molecule has 3 saturated carbocycles. The lowest BCUT2D eigenvalue weighted by Gasteiger charge is -2.43. The molecule has 2 atom stereocenters. The summed E-state index contributed by atoms with van der Waals surface area (Å²) in [6, 6.07) is 0. The zero-order valence-corrected chi connectivity index (χ0v) is 7.63. The lowest BCUT2D eigenvalue weighted by molar-refractivity contribution is 0.0135. The zero-order chi connectivity index (χ0) is 8.18. The first-order valence-electron chi connectivity index (χ1n) is 5.45. The highest BCUT2D eigenvalue weighted by Crippen LogP contribution is 2.64. The van der Waals surface area contributed by atoms with Gasteiger partial charge in [0.1, 0.15) is 0 Å². The number of aliphatic hydroxyl groups is 1. The van der Waals surface area contributed by atoms with E-state index in [1.807, 2.05) is 0 Å². The van der Waals surface area contributed by atoms with E-state index in [2.05, 4.69) is 0 Å². The molecule has 3 aliphatic rings. The molecule has 0 spiro atoms. The second-order valence-electron chi connectivity index (χ2n) is 5.31. The van der Waals surface area contributed by atoms with Crippen LogP contribution in [0, 0.1) is 23.2 Å². The first-order valence-corrected chi connectivity index (χ1v) is 5.45. The van der Waals surface area contributed by atoms with Gasteiger partial charge in [0.05, 0.1) is 0 Å². The Labute approximate surface area is 74.2 Å². The molecule has 3 aliphatic carbocycles. The van der Waals surface area contributed by atoms with Gasteiger partial charge >= 0.3 is 0 Å². The highest BCUT2D eigenvalue weighted by molar-refractivity contribution is 5.06. The van der Waals surface area contributed by atoms with E-state index < -0.39 is 0 Å². The Bertz CT molecular complexity index is 185. The van der Waals surface area contributed by atoms with Crippen LogP contribution < -0.4 is 0 Å². The smallest absolute Gasteiger partial charge is 0.0490 e. The molecular weight excluding hydrogens is 148 g/mol. The molecule has 12 heavy (non-hydrogen) atoms. The van der Waals surface area contributed by atoms with Crippen molar-refractivity contribution in [3.63, 3.8) is 0 Å². The quantitative estimate of drug-likeness (QED) is 0.666. The number of hydrogen-bond donors (Lipinski definition) is 1. The summed E-state index contributed by atoms with van der Waals surface area (Å²) in [4.78, 5) is 0. The molecule has 0 saturated heterocycles. The Morgan fingerprint density at radius 2 is 1.83 bits per heavy atom. The monoisotopic (exact) mass is 166 g/mol. The maximum absolute atomic E-state index is 9.49. The standard InChI is InChI=1S/C11H18O/c12-7-11(10-2-1-3-10)5-8-4-9(8)6-11/h8-10,12H,1-7H2. The number of aliphatic hydroxyl groups excluding tert-OH is 1. The minimum atomic E-state index is 0.409. The second-order valence-corrected chi connectivity index (χ2v) is 5.31. The Morgan fingerprint density at radius 3 is 2.25 bits per heavy atom. The van der Waals surface area contributed by atoms with Gasteiger partial charge in [0.25, 0.3) is 0 Å².